The number of rotatable bonds is 8. The summed E-state index contributed by atoms with van der Waals surface area (Å²) in [4.78, 5) is 13.1. The molecule has 0 amide bonds. The Morgan fingerprint density at radius 2 is 1.56 bits per heavy atom. The van der Waals surface area contributed by atoms with Gasteiger partial charge in [-0.3, -0.25) is 15.4 Å². The van der Waals surface area contributed by atoms with Gasteiger partial charge in [0.1, 0.15) is 37.2 Å². The molecule has 27 heavy (non-hydrogen) atoms. The molecular weight excluding hydrogens is 368 g/mol. The molecule has 0 aliphatic carbocycles. The van der Waals surface area contributed by atoms with Crippen molar-refractivity contribution in [2.45, 2.75) is 12.5 Å². The summed E-state index contributed by atoms with van der Waals surface area (Å²) in [5.74, 6) is 0.876. The predicted molar refractivity (Wildman–Crippen MR) is 107 cm³/mol. The van der Waals surface area contributed by atoms with Crippen molar-refractivity contribution in [2.75, 3.05) is 27.3 Å². The summed E-state index contributed by atoms with van der Waals surface area (Å²) in [6, 6.07) is 10.7. The maximum Gasteiger partial charge on any atom is 0.199 e. The number of ether oxygens (including phenoxy) is 2. The van der Waals surface area contributed by atoms with Gasteiger partial charge in [0.15, 0.2) is 5.43 Å². The Hall–Kier alpha value is -2.23. The van der Waals surface area contributed by atoms with Crippen LogP contribution in [0.15, 0.2) is 41.2 Å². The van der Waals surface area contributed by atoms with Crippen LogP contribution in [0.4, 0.5) is 0 Å². The van der Waals surface area contributed by atoms with Crippen molar-refractivity contribution >= 4 is 31.5 Å². The van der Waals surface area contributed by atoms with E-state index in [0.717, 1.165) is 4.70 Å². The minimum Gasteiger partial charge on any atom is -0.489 e. The van der Waals surface area contributed by atoms with Crippen LogP contribution in [0.1, 0.15) is 0 Å². The zero-order valence-electron chi connectivity index (χ0n) is 15.1. The third kappa shape index (κ3) is 4.20. The Bertz CT molecular complexity index is 991. The molecule has 0 saturated carbocycles. The van der Waals surface area contributed by atoms with Crippen LogP contribution < -0.4 is 25.5 Å². The summed E-state index contributed by atoms with van der Waals surface area (Å²) in [7, 11) is 3.24. The highest BCUT2D eigenvalue weighted by molar-refractivity contribution is 7.25. The first-order valence-electron chi connectivity index (χ1n) is 8.50. The van der Waals surface area contributed by atoms with Gasteiger partial charge in [0.05, 0.1) is 10.1 Å². The number of hydrogen-bond donors (Lipinski definition) is 4. The van der Waals surface area contributed by atoms with E-state index in [1.807, 2.05) is 18.2 Å². The topological polar surface area (TPSA) is 100 Å². The first-order chi connectivity index (χ1) is 13.0. The van der Waals surface area contributed by atoms with E-state index in [0.29, 0.717) is 27.0 Å². The van der Waals surface area contributed by atoms with Crippen LogP contribution >= 0.6 is 11.3 Å². The molecule has 2 aromatic carbocycles. The summed E-state index contributed by atoms with van der Waals surface area (Å²) in [6.45, 7) is 0.0409. The van der Waals surface area contributed by atoms with Crippen molar-refractivity contribution in [1.29, 1.82) is 0 Å². The predicted octanol–water partition coefficient (Wildman–Crippen LogP) is 1.25. The molecular formula is C19H22N2O5S. The lowest BCUT2D eigenvalue weighted by molar-refractivity contribution is 0.0852. The quantitative estimate of drug-likeness (QED) is 0.339. The fraction of sp³-hybridized carbons (Fsp3) is 0.316. The van der Waals surface area contributed by atoms with E-state index in [1.165, 1.54) is 11.3 Å². The lowest BCUT2D eigenvalue weighted by Gasteiger charge is -2.16. The molecule has 7 nitrogen and oxygen atoms in total. The second-order valence-electron chi connectivity index (χ2n) is 5.92. The highest BCUT2D eigenvalue weighted by atomic mass is 32.1. The lowest BCUT2D eigenvalue weighted by Crippen LogP contribution is -2.31. The van der Waals surface area contributed by atoms with Gasteiger partial charge in [-0.15, -0.1) is 11.3 Å². The standard InChI is InChI=1S/C19H22N2O5S/c1-20-15(22)9-25-12-7-8-13(26-10-16(23)21-2)19-17(12)18(24)11-5-3-4-6-14(11)27-19/h3-8,15-16,20-23H,9-10H2,1-2H3. The summed E-state index contributed by atoms with van der Waals surface area (Å²) in [5, 5.41) is 25.7. The van der Waals surface area contributed by atoms with Crippen LogP contribution in [0.25, 0.3) is 20.2 Å². The van der Waals surface area contributed by atoms with Crippen molar-refractivity contribution < 1.29 is 19.7 Å². The Balaban J connectivity index is 2.14. The number of nitrogens with one attached hydrogen (secondary N) is 2. The van der Waals surface area contributed by atoms with Gasteiger partial charge in [0, 0.05) is 10.1 Å². The van der Waals surface area contributed by atoms with E-state index in [1.54, 1.807) is 32.3 Å². The second-order valence-corrected chi connectivity index (χ2v) is 6.98. The number of aliphatic hydroxyl groups excluding tert-OH is 2. The highest BCUT2D eigenvalue weighted by Crippen LogP contribution is 2.37. The van der Waals surface area contributed by atoms with Crippen LogP contribution in [0.5, 0.6) is 11.5 Å². The molecule has 3 aromatic rings. The molecule has 144 valence electrons. The third-order valence-electron chi connectivity index (χ3n) is 4.11. The van der Waals surface area contributed by atoms with E-state index in [2.05, 4.69) is 10.6 Å². The SMILES string of the molecule is CNC(O)COc1ccc(OCC(O)NC)c2c(=O)c3ccccc3sc12. The minimum atomic E-state index is -0.846. The molecule has 8 heteroatoms. The van der Waals surface area contributed by atoms with Crippen molar-refractivity contribution in [2.24, 2.45) is 0 Å². The van der Waals surface area contributed by atoms with Gasteiger partial charge in [-0.25, -0.2) is 0 Å². The Morgan fingerprint density at radius 1 is 0.963 bits per heavy atom. The van der Waals surface area contributed by atoms with Crippen molar-refractivity contribution in [1.82, 2.24) is 10.6 Å². The van der Waals surface area contributed by atoms with Gasteiger partial charge in [-0.05, 0) is 38.4 Å². The van der Waals surface area contributed by atoms with Gasteiger partial charge < -0.3 is 19.7 Å². The van der Waals surface area contributed by atoms with Gasteiger partial charge in [-0.1, -0.05) is 12.1 Å². The second kappa shape index (κ2) is 8.64. The molecule has 0 bridgehead atoms. The fourth-order valence-corrected chi connectivity index (χ4v) is 3.75. The van der Waals surface area contributed by atoms with Gasteiger partial charge in [0.2, 0.25) is 0 Å². The third-order valence-corrected chi connectivity index (χ3v) is 5.30. The largest absolute Gasteiger partial charge is 0.489 e. The normalized spacial score (nSPS) is 13.6. The van der Waals surface area contributed by atoms with Crippen LogP contribution in [0.3, 0.4) is 0 Å². The molecule has 0 saturated heterocycles. The van der Waals surface area contributed by atoms with E-state index in [9.17, 15) is 15.0 Å². The first kappa shape index (κ1) is 19.5. The number of aliphatic hydroxyl groups is 2. The Kier molecular flexibility index (Phi) is 6.25. The molecule has 0 aliphatic rings. The van der Waals surface area contributed by atoms with Crippen LogP contribution in [0, 0.1) is 0 Å². The zero-order chi connectivity index (χ0) is 19.4. The molecule has 0 aliphatic heterocycles. The average Bonchev–Trinajstić information content (AvgIpc) is 2.70. The maximum absolute atomic E-state index is 13.1. The van der Waals surface area contributed by atoms with Gasteiger partial charge in [0.25, 0.3) is 0 Å². The fourth-order valence-electron chi connectivity index (χ4n) is 2.59. The summed E-state index contributed by atoms with van der Waals surface area (Å²) in [6.07, 6.45) is -1.67. The molecule has 3 rings (SSSR count). The van der Waals surface area contributed by atoms with E-state index < -0.39 is 12.5 Å². The molecule has 4 N–H and O–H groups in total. The Labute approximate surface area is 160 Å². The average molecular weight is 390 g/mol. The zero-order valence-corrected chi connectivity index (χ0v) is 15.9. The number of benzene rings is 2. The molecule has 0 radical (unpaired) electrons. The van der Waals surface area contributed by atoms with Gasteiger partial charge >= 0.3 is 0 Å². The molecule has 0 spiro atoms. The number of hydrogen-bond acceptors (Lipinski definition) is 8. The van der Waals surface area contributed by atoms with Crippen LogP contribution in [-0.2, 0) is 0 Å². The first-order valence-corrected chi connectivity index (χ1v) is 9.31. The summed E-state index contributed by atoms with van der Waals surface area (Å²) < 4.78 is 12.9. The van der Waals surface area contributed by atoms with Gasteiger partial charge in [-0.2, -0.15) is 0 Å². The van der Waals surface area contributed by atoms with E-state index >= 15 is 0 Å². The van der Waals surface area contributed by atoms with E-state index in [4.69, 9.17) is 9.47 Å². The van der Waals surface area contributed by atoms with Crippen molar-refractivity contribution in [3.8, 4) is 11.5 Å². The van der Waals surface area contributed by atoms with Crippen molar-refractivity contribution in [3.05, 3.63) is 46.6 Å². The van der Waals surface area contributed by atoms with E-state index in [-0.39, 0.29) is 18.6 Å². The van der Waals surface area contributed by atoms with Crippen LogP contribution in [-0.4, -0.2) is 50.0 Å². The summed E-state index contributed by atoms with van der Waals surface area (Å²) in [5.41, 5.74) is -0.159. The molecule has 0 fully saturated rings. The number of fused-ring (bicyclic) bond motifs is 2. The van der Waals surface area contributed by atoms with Crippen LogP contribution in [0.2, 0.25) is 0 Å². The molecule has 2 atom stereocenters. The monoisotopic (exact) mass is 390 g/mol. The highest BCUT2D eigenvalue weighted by Gasteiger charge is 2.17. The molecule has 1 aromatic heterocycles. The smallest absolute Gasteiger partial charge is 0.199 e. The summed E-state index contributed by atoms with van der Waals surface area (Å²) >= 11 is 1.42. The molecule has 2 unspecified atom stereocenters. The molecule has 1 heterocycles. The number of likely N-dealkylation sites (N-methyl/N-ethyl adjacent to an activating group) is 2. The maximum atomic E-state index is 13.1. The lowest BCUT2D eigenvalue weighted by atomic mass is 10.1. The van der Waals surface area contributed by atoms with Crippen molar-refractivity contribution in [3.63, 3.8) is 0 Å². The Morgan fingerprint density at radius 3 is 2.22 bits per heavy atom. The minimum absolute atomic E-state index is 0.00120.